The van der Waals surface area contributed by atoms with Crippen LogP contribution in [0.1, 0.15) is 78.6 Å². The summed E-state index contributed by atoms with van der Waals surface area (Å²) in [6, 6.07) is 5.05. The first kappa shape index (κ1) is 21.3. The molecule has 3 aromatic heterocycles. The van der Waals surface area contributed by atoms with Crippen molar-refractivity contribution in [2.45, 2.75) is 52.4 Å². The number of fused-ring (bicyclic) bond motifs is 1. The van der Waals surface area contributed by atoms with Crippen molar-refractivity contribution in [3.8, 4) is 0 Å². The summed E-state index contributed by atoms with van der Waals surface area (Å²) in [6.07, 6.45) is -0.628. The average molecular weight is 428 g/mol. The van der Waals surface area contributed by atoms with Gasteiger partial charge in [-0.15, -0.1) is 0 Å². The molecule has 3 aromatic rings. The minimum Gasteiger partial charge on any atom is -0.338 e. The highest BCUT2D eigenvalue weighted by atomic mass is 19.3. The fourth-order valence-corrected chi connectivity index (χ4v) is 4.16. The number of aromatic nitrogens is 5. The highest BCUT2D eigenvalue weighted by Gasteiger charge is 2.33. The second-order valence-corrected chi connectivity index (χ2v) is 8.58. The number of halogens is 2. The molecule has 9 heteroatoms. The zero-order chi connectivity index (χ0) is 22.3. The van der Waals surface area contributed by atoms with Crippen molar-refractivity contribution in [2.75, 3.05) is 13.1 Å². The van der Waals surface area contributed by atoms with Gasteiger partial charge in [0.25, 0.3) is 18.1 Å². The monoisotopic (exact) mass is 428 g/mol. The van der Waals surface area contributed by atoms with Gasteiger partial charge in [-0.2, -0.15) is 10.1 Å². The van der Waals surface area contributed by atoms with E-state index in [4.69, 9.17) is 0 Å². The predicted molar refractivity (Wildman–Crippen MR) is 111 cm³/mol. The number of pyridine rings is 1. The van der Waals surface area contributed by atoms with Crippen LogP contribution in [-0.4, -0.2) is 48.5 Å². The van der Waals surface area contributed by atoms with Gasteiger partial charge in [0.1, 0.15) is 12.0 Å². The van der Waals surface area contributed by atoms with E-state index in [1.165, 1.54) is 16.9 Å². The fourth-order valence-electron chi connectivity index (χ4n) is 4.16. The zero-order valence-electron chi connectivity index (χ0n) is 18.1. The van der Waals surface area contributed by atoms with E-state index >= 15 is 0 Å². The third-order valence-corrected chi connectivity index (χ3v) is 5.96. The van der Waals surface area contributed by atoms with E-state index in [9.17, 15) is 13.6 Å². The quantitative estimate of drug-likeness (QED) is 0.624. The van der Waals surface area contributed by atoms with Crippen LogP contribution in [0.15, 0.2) is 24.5 Å². The van der Waals surface area contributed by atoms with E-state index in [0.29, 0.717) is 24.3 Å². The summed E-state index contributed by atoms with van der Waals surface area (Å²) >= 11 is 0. The van der Waals surface area contributed by atoms with Crippen LogP contribution in [0.25, 0.3) is 5.78 Å². The molecule has 2 atom stereocenters. The SMILES string of the molecule is Cc1cc(C(=O)N2CC[C@@H](C)[C@H](c3cc(C(F)F)nc4ncnn34)C2)cc(C(C)C)n1. The van der Waals surface area contributed by atoms with Crippen LogP contribution in [0.5, 0.6) is 0 Å². The largest absolute Gasteiger partial charge is 0.338 e. The Bertz CT molecular complexity index is 1110. The molecule has 0 unspecified atom stereocenters. The topological polar surface area (TPSA) is 76.3 Å². The number of aryl methyl sites for hydroxylation is 1. The van der Waals surface area contributed by atoms with Crippen molar-refractivity contribution >= 4 is 11.7 Å². The van der Waals surface area contributed by atoms with E-state index in [-0.39, 0.29) is 35.1 Å². The molecule has 0 spiro atoms. The van der Waals surface area contributed by atoms with Gasteiger partial charge in [0, 0.05) is 36.0 Å². The van der Waals surface area contributed by atoms with Gasteiger partial charge >= 0.3 is 0 Å². The summed E-state index contributed by atoms with van der Waals surface area (Å²) in [5.74, 6) is 0.326. The molecular formula is C22H26F2N6O. The summed E-state index contributed by atoms with van der Waals surface area (Å²) in [5.41, 5.74) is 2.58. The maximum Gasteiger partial charge on any atom is 0.280 e. The molecule has 0 saturated carbocycles. The van der Waals surface area contributed by atoms with Crippen molar-refractivity contribution in [1.29, 1.82) is 0 Å². The molecule has 4 rings (SSSR count). The second-order valence-electron chi connectivity index (χ2n) is 8.58. The molecule has 0 aliphatic carbocycles. The maximum absolute atomic E-state index is 13.4. The van der Waals surface area contributed by atoms with Crippen molar-refractivity contribution < 1.29 is 13.6 Å². The highest BCUT2D eigenvalue weighted by Crippen LogP contribution is 2.34. The van der Waals surface area contributed by atoms with Gasteiger partial charge in [-0.3, -0.25) is 9.78 Å². The van der Waals surface area contributed by atoms with Gasteiger partial charge in [-0.05, 0) is 43.4 Å². The summed E-state index contributed by atoms with van der Waals surface area (Å²) in [4.78, 5) is 27.6. The lowest BCUT2D eigenvalue weighted by atomic mass is 9.84. The van der Waals surface area contributed by atoms with E-state index in [1.807, 2.05) is 26.8 Å². The van der Waals surface area contributed by atoms with Gasteiger partial charge in [-0.1, -0.05) is 20.8 Å². The molecule has 0 bridgehead atoms. The number of likely N-dealkylation sites (tertiary alicyclic amines) is 1. The Labute approximate surface area is 179 Å². The molecule has 4 heterocycles. The van der Waals surface area contributed by atoms with Crippen molar-refractivity contribution in [1.82, 2.24) is 29.5 Å². The number of hydrogen-bond acceptors (Lipinski definition) is 5. The lowest BCUT2D eigenvalue weighted by Crippen LogP contribution is -2.42. The lowest BCUT2D eigenvalue weighted by Gasteiger charge is -2.37. The maximum atomic E-state index is 13.4. The Morgan fingerprint density at radius 3 is 2.65 bits per heavy atom. The molecule has 31 heavy (non-hydrogen) atoms. The summed E-state index contributed by atoms with van der Waals surface area (Å²) in [6.45, 7) is 9.07. The van der Waals surface area contributed by atoms with Crippen LogP contribution in [-0.2, 0) is 0 Å². The molecule has 1 saturated heterocycles. The average Bonchev–Trinajstić information content (AvgIpc) is 3.21. The third-order valence-electron chi connectivity index (χ3n) is 5.96. The van der Waals surface area contributed by atoms with E-state index in [0.717, 1.165) is 17.8 Å². The summed E-state index contributed by atoms with van der Waals surface area (Å²) < 4.78 is 28.4. The van der Waals surface area contributed by atoms with E-state index < -0.39 is 6.43 Å². The Balaban J connectivity index is 1.68. The molecule has 0 N–H and O–H groups in total. The lowest BCUT2D eigenvalue weighted by molar-refractivity contribution is 0.0665. The number of nitrogens with zero attached hydrogens (tertiary/aromatic N) is 6. The second kappa shape index (κ2) is 8.28. The highest BCUT2D eigenvalue weighted by molar-refractivity contribution is 5.94. The van der Waals surface area contributed by atoms with Crippen LogP contribution in [0, 0.1) is 12.8 Å². The first-order chi connectivity index (χ1) is 14.7. The van der Waals surface area contributed by atoms with Crippen LogP contribution in [0.3, 0.4) is 0 Å². The molecule has 1 aliphatic rings. The number of carbonyl (C=O) groups is 1. The minimum absolute atomic E-state index is 0.0673. The first-order valence-electron chi connectivity index (χ1n) is 10.5. The smallest absolute Gasteiger partial charge is 0.280 e. The number of alkyl halides is 2. The minimum atomic E-state index is -2.70. The Hall–Kier alpha value is -2.97. The number of carbonyl (C=O) groups excluding carboxylic acids is 1. The molecule has 0 aromatic carbocycles. The molecule has 0 radical (unpaired) electrons. The van der Waals surface area contributed by atoms with Gasteiger partial charge in [0.05, 0.1) is 5.69 Å². The normalized spacial score (nSPS) is 19.5. The predicted octanol–water partition coefficient (Wildman–Crippen LogP) is 4.15. The zero-order valence-corrected chi connectivity index (χ0v) is 18.1. The molecule has 164 valence electrons. The summed E-state index contributed by atoms with van der Waals surface area (Å²) in [5, 5.41) is 4.19. The Morgan fingerprint density at radius 2 is 1.94 bits per heavy atom. The van der Waals surface area contributed by atoms with Crippen molar-refractivity contribution in [3.05, 3.63) is 52.9 Å². The number of rotatable bonds is 4. The van der Waals surface area contributed by atoms with Crippen LogP contribution >= 0.6 is 0 Å². The van der Waals surface area contributed by atoms with Crippen LogP contribution in [0.2, 0.25) is 0 Å². The number of hydrogen-bond donors (Lipinski definition) is 0. The van der Waals surface area contributed by atoms with E-state index in [2.05, 4.69) is 27.0 Å². The standard InChI is InChI=1S/C22H26F2N6O/c1-12(2)17-8-15(7-14(4)27-17)21(31)29-6-5-13(3)16(10-29)19-9-18(20(23)24)28-22-25-11-26-30(19)22/h7-9,11-13,16,20H,5-6,10H2,1-4H3/t13-,16-/m1/s1. The van der Waals surface area contributed by atoms with Crippen LogP contribution in [0.4, 0.5) is 8.78 Å². The van der Waals surface area contributed by atoms with Crippen molar-refractivity contribution in [2.24, 2.45) is 5.92 Å². The van der Waals surface area contributed by atoms with Crippen molar-refractivity contribution in [3.63, 3.8) is 0 Å². The molecule has 1 aliphatic heterocycles. The van der Waals surface area contributed by atoms with Gasteiger partial charge in [-0.25, -0.2) is 18.3 Å². The van der Waals surface area contributed by atoms with Crippen LogP contribution < -0.4 is 0 Å². The first-order valence-corrected chi connectivity index (χ1v) is 10.5. The Kier molecular flexibility index (Phi) is 5.68. The molecule has 1 amide bonds. The van der Waals surface area contributed by atoms with Gasteiger partial charge in [0.15, 0.2) is 0 Å². The summed E-state index contributed by atoms with van der Waals surface area (Å²) in [7, 11) is 0. The number of amides is 1. The fraction of sp³-hybridized carbons (Fsp3) is 0.500. The molecular weight excluding hydrogens is 402 g/mol. The van der Waals surface area contributed by atoms with E-state index in [1.54, 1.807) is 11.0 Å². The third kappa shape index (κ3) is 4.13. The number of piperidine rings is 1. The van der Waals surface area contributed by atoms with Gasteiger partial charge in [0.2, 0.25) is 0 Å². The molecule has 1 fully saturated rings. The van der Waals surface area contributed by atoms with Gasteiger partial charge < -0.3 is 4.90 Å². The Morgan fingerprint density at radius 1 is 1.16 bits per heavy atom. The molecule has 7 nitrogen and oxygen atoms in total.